The average Bonchev–Trinajstić information content (AvgIpc) is 2.68. The van der Waals surface area contributed by atoms with Crippen molar-refractivity contribution in [2.75, 3.05) is 18.4 Å². The third-order valence-electron chi connectivity index (χ3n) is 4.79. The van der Waals surface area contributed by atoms with Gasteiger partial charge in [0.05, 0.1) is 9.79 Å². The molecule has 156 valence electrons. The normalized spacial score (nSPS) is 18.3. The number of benzene rings is 2. The monoisotopic (exact) mass is 437 g/mol. The van der Waals surface area contributed by atoms with Crippen LogP contribution in [0.15, 0.2) is 58.3 Å². The Morgan fingerprint density at radius 1 is 1.07 bits per heavy atom. The molecule has 3 rings (SSSR count). The fraction of sp³-hybridized carbons (Fsp3) is 0.316. The van der Waals surface area contributed by atoms with E-state index in [1.165, 1.54) is 52.8 Å². The van der Waals surface area contributed by atoms with Crippen molar-refractivity contribution in [2.45, 2.75) is 29.6 Å². The summed E-state index contributed by atoms with van der Waals surface area (Å²) in [6, 6.07) is 11.3. The maximum atomic E-state index is 12.8. The van der Waals surface area contributed by atoms with Crippen LogP contribution in [-0.2, 0) is 20.0 Å². The molecule has 1 fully saturated rings. The number of piperidine rings is 1. The van der Waals surface area contributed by atoms with Gasteiger partial charge < -0.3 is 5.32 Å². The molecule has 1 aliphatic rings. The smallest absolute Gasteiger partial charge is 0.255 e. The molecule has 0 spiro atoms. The summed E-state index contributed by atoms with van der Waals surface area (Å²) in [5.41, 5.74) is 0.512. The van der Waals surface area contributed by atoms with E-state index in [-0.39, 0.29) is 15.4 Å². The number of nitrogens with one attached hydrogen (secondary N) is 1. The van der Waals surface area contributed by atoms with E-state index in [1.54, 1.807) is 0 Å². The Labute approximate surface area is 170 Å². The number of hydrogen-bond acceptors (Lipinski definition) is 5. The predicted molar refractivity (Wildman–Crippen MR) is 109 cm³/mol. The predicted octanol–water partition coefficient (Wildman–Crippen LogP) is 2.01. The van der Waals surface area contributed by atoms with Crippen molar-refractivity contribution < 1.29 is 21.6 Å². The molecule has 0 aliphatic carbocycles. The van der Waals surface area contributed by atoms with E-state index in [0.29, 0.717) is 24.7 Å². The van der Waals surface area contributed by atoms with E-state index in [1.807, 2.05) is 6.92 Å². The maximum Gasteiger partial charge on any atom is 0.255 e. The van der Waals surface area contributed by atoms with Crippen molar-refractivity contribution in [3.63, 3.8) is 0 Å². The van der Waals surface area contributed by atoms with Crippen LogP contribution in [0.5, 0.6) is 0 Å². The molecule has 10 heteroatoms. The van der Waals surface area contributed by atoms with Crippen LogP contribution in [0.1, 0.15) is 30.1 Å². The van der Waals surface area contributed by atoms with Gasteiger partial charge >= 0.3 is 0 Å². The lowest BCUT2D eigenvalue weighted by atomic mass is 10.0. The molecule has 0 radical (unpaired) electrons. The average molecular weight is 438 g/mol. The summed E-state index contributed by atoms with van der Waals surface area (Å²) < 4.78 is 49.9. The molecule has 1 amide bonds. The summed E-state index contributed by atoms with van der Waals surface area (Å²) in [6.07, 6.45) is 1.86. The van der Waals surface area contributed by atoms with Crippen LogP contribution in [0.3, 0.4) is 0 Å². The highest BCUT2D eigenvalue weighted by Gasteiger charge is 2.28. The van der Waals surface area contributed by atoms with Gasteiger partial charge in [-0.3, -0.25) is 4.79 Å². The van der Waals surface area contributed by atoms with Crippen LogP contribution in [0.4, 0.5) is 5.69 Å². The van der Waals surface area contributed by atoms with Gasteiger partial charge in [-0.15, -0.1) is 0 Å². The summed E-state index contributed by atoms with van der Waals surface area (Å²) in [4.78, 5) is 12.4. The van der Waals surface area contributed by atoms with Crippen molar-refractivity contribution in [3.05, 3.63) is 54.1 Å². The zero-order valence-corrected chi connectivity index (χ0v) is 17.5. The second kappa shape index (κ2) is 8.23. The Hall–Kier alpha value is -2.27. The van der Waals surface area contributed by atoms with Crippen molar-refractivity contribution in [1.82, 2.24) is 4.31 Å². The Kier molecular flexibility index (Phi) is 6.08. The molecular weight excluding hydrogens is 414 g/mol. The summed E-state index contributed by atoms with van der Waals surface area (Å²) in [6.45, 7) is 3.04. The van der Waals surface area contributed by atoms with Crippen LogP contribution in [-0.4, -0.2) is 40.1 Å². The number of anilines is 1. The molecule has 1 atom stereocenters. The molecule has 0 unspecified atom stereocenters. The first kappa shape index (κ1) is 21.4. The number of hydrogen-bond donors (Lipinski definition) is 2. The third-order valence-corrected chi connectivity index (χ3v) is 7.58. The number of nitrogens with two attached hydrogens (primary N) is 1. The van der Waals surface area contributed by atoms with Gasteiger partial charge in [0.15, 0.2) is 0 Å². The Bertz CT molecular complexity index is 1110. The van der Waals surface area contributed by atoms with Gasteiger partial charge in [0.2, 0.25) is 20.0 Å². The molecule has 1 aliphatic heterocycles. The lowest BCUT2D eigenvalue weighted by Crippen LogP contribution is -2.39. The first-order chi connectivity index (χ1) is 13.6. The van der Waals surface area contributed by atoms with Crippen molar-refractivity contribution in [1.29, 1.82) is 0 Å². The Morgan fingerprint density at radius 3 is 2.38 bits per heavy atom. The van der Waals surface area contributed by atoms with Crippen molar-refractivity contribution in [2.24, 2.45) is 11.1 Å². The summed E-state index contributed by atoms with van der Waals surface area (Å²) in [5, 5.41) is 7.70. The van der Waals surface area contributed by atoms with Crippen molar-refractivity contribution in [3.8, 4) is 0 Å². The Balaban J connectivity index is 1.75. The number of carbonyl (C=O) groups excluding carboxylic acids is 1. The topological polar surface area (TPSA) is 127 Å². The minimum Gasteiger partial charge on any atom is -0.322 e. The number of amides is 1. The molecule has 2 aromatic rings. The molecule has 2 aromatic carbocycles. The van der Waals surface area contributed by atoms with Crippen LogP contribution >= 0.6 is 0 Å². The van der Waals surface area contributed by atoms with Gasteiger partial charge in [-0.2, -0.15) is 4.31 Å². The second-order valence-corrected chi connectivity index (χ2v) is 10.7. The molecular formula is C19H23N3O5S2. The van der Waals surface area contributed by atoms with E-state index >= 15 is 0 Å². The molecule has 0 bridgehead atoms. The van der Waals surface area contributed by atoms with Crippen LogP contribution < -0.4 is 10.5 Å². The molecule has 0 saturated carbocycles. The zero-order chi connectivity index (χ0) is 21.2. The fourth-order valence-corrected chi connectivity index (χ4v) is 5.40. The largest absolute Gasteiger partial charge is 0.322 e. The molecule has 1 saturated heterocycles. The molecule has 3 N–H and O–H groups in total. The minimum absolute atomic E-state index is 0.121. The SMILES string of the molecule is C[C@H]1CCCN(S(=O)(=O)c2ccc(NC(=O)c3cccc(S(N)(=O)=O)c3)cc2)C1. The number of nitrogens with zero attached hydrogens (tertiary/aromatic N) is 1. The third kappa shape index (κ3) is 5.02. The number of rotatable bonds is 5. The highest BCUT2D eigenvalue weighted by Crippen LogP contribution is 2.24. The van der Waals surface area contributed by atoms with E-state index in [4.69, 9.17) is 5.14 Å². The quantitative estimate of drug-likeness (QED) is 0.740. The lowest BCUT2D eigenvalue weighted by molar-refractivity contribution is 0.102. The van der Waals surface area contributed by atoms with Gasteiger partial charge in [-0.1, -0.05) is 13.0 Å². The summed E-state index contributed by atoms with van der Waals surface area (Å²) in [7, 11) is -7.49. The van der Waals surface area contributed by atoms with E-state index in [0.717, 1.165) is 12.8 Å². The highest BCUT2D eigenvalue weighted by atomic mass is 32.2. The number of sulfonamides is 2. The highest BCUT2D eigenvalue weighted by molar-refractivity contribution is 7.89. The second-order valence-electron chi connectivity index (χ2n) is 7.16. The zero-order valence-electron chi connectivity index (χ0n) is 15.9. The van der Waals surface area contributed by atoms with Gasteiger partial charge in [0.25, 0.3) is 5.91 Å². The first-order valence-electron chi connectivity index (χ1n) is 9.12. The minimum atomic E-state index is -3.92. The van der Waals surface area contributed by atoms with Crippen LogP contribution in [0, 0.1) is 5.92 Å². The van der Waals surface area contributed by atoms with Gasteiger partial charge in [0, 0.05) is 24.3 Å². The maximum absolute atomic E-state index is 12.8. The van der Waals surface area contributed by atoms with Gasteiger partial charge in [-0.05, 0) is 61.2 Å². The summed E-state index contributed by atoms with van der Waals surface area (Å²) >= 11 is 0. The van der Waals surface area contributed by atoms with E-state index in [2.05, 4.69) is 5.32 Å². The molecule has 8 nitrogen and oxygen atoms in total. The molecule has 29 heavy (non-hydrogen) atoms. The first-order valence-corrected chi connectivity index (χ1v) is 12.1. The molecule has 0 aromatic heterocycles. The Morgan fingerprint density at radius 2 is 1.76 bits per heavy atom. The van der Waals surface area contributed by atoms with Crippen LogP contribution in [0.25, 0.3) is 0 Å². The van der Waals surface area contributed by atoms with Gasteiger partial charge in [0.1, 0.15) is 0 Å². The number of primary sulfonamides is 1. The number of carbonyl (C=O) groups is 1. The van der Waals surface area contributed by atoms with Crippen LogP contribution in [0.2, 0.25) is 0 Å². The lowest BCUT2D eigenvalue weighted by Gasteiger charge is -2.30. The summed E-state index contributed by atoms with van der Waals surface area (Å²) in [5.74, 6) is -0.207. The van der Waals surface area contributed by atoms with Gasteiger partial charge in [-0.25, -0.2) is 22.0 Å². The van der Waals surface area contributed by atoms with E-state index < -0.39 is 26.0 Å². The fourth-order valence-electron chi connectivity index (χ4n) is 3.24. The van der Waals surface area contributed by atoms with Crippen molar-refractivity contribution >= 4 is 31.6 Å². The molecule has 1 heterocycles. The standard InChI is InChI=1S/C19H23N3O5S2/c1-14-4-3-11-22(13-14)29(26,27)17-9-7-16(8-10-17)21-19(23)15-5-2-6-18(12-15)28(20,24)25/h2,5-10,12,14H,3-4,11,13H2,1H3,(H,21,23)(H2,20,24,25)/t14-/m0/s1. The van der Waals surface area contributed by atoms with E-state index in [9.17, 15) is 21.6 Å².